The molecule has 0 amide bonds. The fourth-order valence-corrected chi connectivity index (χ4v) is 5.08. The summed E-state index contributed by atoms with van der Waals surface area (Å²) in [6.07, 6.45) is 13.2. The minimum atomic E-state index is -0.801. The third-order valence-electron chi connectivity index (χ3n) is 6.85. The smallest absolute Gasteiger partial charge is 0.303 e. The lowest BCUT2D eigenvalue weighted by Crippen LogP contribution is -2.18. The van der Waals surface area contributed by atoms with Crippen LogP contribution in [0.1, 0.15) is 62.5 Å². The highest BCUT2D eigenvalue weighted by molar-refractivity contribution is 5.84. The van der Waals surface area contributed by atoms with Gasteiger partial charge in [0.15, 0.2) is 0 Å². The summed E-state index contributed by atoms with van der Waals surface area (Å²) in [5, 5.41) is 29.4. The van der Waals surface area contributed by atoms with E-state index in [0.717, 1.165) is 25.7 Å². The van der Waals surface area contributed by atoms with Gasteiger partial charge >= 0.3 is 5.97 Å². The highest BCUT2D eigenvalue weighted by Gasteiger charge is 2.39. The molecule has 0 spiro atoms. The van der Waals surface area contributed by atoms with Crippen LogP contribution in [0.25, 0.3) is 0 Å². The van der Waals surface area contributed by atoms with Gasteiger partial charge in [-0.05, 0) is 62.0 Å². The maximum absolute atomic E-state index is 12.3. The standard InChI is InChI=1S/C27H36O5/c28-22(11-7-8-19-16-20-9-5-6-10-21(20)17-19)14-15-24-23(25(29)18-26(24)30)12-3-1-2-4-13-27(31)32/h1,3,5-6,9-10,14-15,19,22-24,26,28,30H,2,4,7-8,11-13,16-18H2,(H,31,32)/t22-,23+,24+,26+/m0/s1. The molecular formula is C27H36O5. The second-order valence-electron chi connectivity index (χ2n) is 9.34. The second-order valence-corrected chi connectivity index (χ2v) is 9.34. The molecule has 0 unspecified atom stereocenters. The lowest BCUT2D eigenvalue weighted by atomic mass is 9.90. The van der Waals surface area contributed by atoms with Gasteiger partial charge < -0.3 is 15.3 Å². The molecule has 0 heterocycles. The maximum atomic E-state index is 12.3. The number of rotatable bonds is 12. The molecule has 2 aliphatic rings. The Labute approximate surface area is 190 Å². The van der Waals surface area contributed by atoms with Crippen LogP contribution < -0.4 is 0 Å². The molecule has 0 aliphatic heterocycles. The number of carboxylic acids is 1. The monoisotopic (exact) mass is 440 g/mol. The Kier molecular flexibility index (Phi) is 9.24. The highest BCUT2D eigenvalue weighted by atomic mass is 16.4. The minimum absolute atomic E-state index is 0.0534. The van der Waals surface area contributed by atoms with Crippen LogP contribution >= 0.6 is 0 Å². The summed E-state index contributed by atoms with van der Waals surface area (Å²) in [7, 11) is 0. The topological polar surface area (TPSA) is 94.8 Å². The predicted octanol–water partition coefficient (Wildman–Crippen LogP) is 4.26. The summed E-state index contributed by atoms with van der Waals surface area (Å²) in [5.74, 6) is -0.641. The van der Waals surface area contributed by atoms with Crippen LogP contribution in [0.4, 0.5) is 0 Å². The lowest BCUT2D eigenvalue weighted by molar-refractivity contribution is -0.137. The first-order valence-corrected chi connectivity index (χ1v) is 11.9. The number of allylic oxidation sites excluding steroid dienone is 2. The molecule has 1 aromatic carbocycles. The fraction of sp³-hybridized carbons (Fsp3) is 0.556. The Bertz CT molecular complexity index is 802. The average molecular weight is 441 g/mol. The van der Waals surface area contributed by atoms with Gasteiger partial charge in [-0.15, -0.1) is 0 Å². The minimum Gasteiger partial charge on any atom is -0.481 e. The van der Waals surface area contributed by atoms with Crippen molar-refractivity contribution in [1.29, 1.82) is 0 Å². The molecule has 0 bridgehead atoms. The normalized spacial score (nSPS) is 24.6. The molecule has 5 heteroatoms. The Morgan fingerprint density at radius 2 is 1.81 bits per heavy atom. The molecule has 0 saturated heterocycles. The largest absolute Gasteiger partial charge is 0.481 e. The van der Waals surface area contributed by atoms with Crippen molar-refractivity contribution >= 4 is 11.8 Å². The first-order valence-electron chi connectivity index (χ1n) is 11.9. The molecule has 0 aromatic heterocycles. The number of hydrogen-bond acceptors (Lipinski definition) is 4. The number of aliphatic hydroxyl groups is 2. The van der Waals surface area contributed by atoms with Crippen molar-refractivity contribution in [3.05, 3.63) is 59.7 Å². The Hall–Kier alpha value is -2.24. The first-order chi connectivity index (χ1) is 15.4. The number of benzene rings is 1. The third-order valence-corrected chi connectivity index (χ3v) is 6.85. The summed E-state index contributed by atoms with van der Waals surface area (Å²) >= 11 is 0. The van der Waals surface area contributed by atoms with Crippen LogP contribution in [0.3, 0.4) is 0 Å². The summed E-state index contributed by atoms with van der Waals surface area (Å²) in [5.41, 5.74) is 2.92. The van der Waals surface area contributed by atoms with E-state index in [2.05, 4.69) is 24.3 Å². The summed E-state index contributed by atoms with van der Waals surface area (Å²) < 4.78 is 0. The van der Waals surface area contributed by atoms with Crippen molar-refractivity contribution in [2.45, 2.75) is 76.4 Å². The molecule has 32 heavy (non-hydrogen) atoms. The van der Waals surface area contributed by atoms with E-state index in [1.807, 2.05) is 18.2 Å². The number of aliphatic carboxylic acids is 1. The maximum Gasteiger partial charge on any atom is 0.303 e. The van der Waals surface area contributed by atoms with E-state index < -0.39 is 18.2 Å². The number of Topliss-reactive ketones (excluding diaryl/α,β-unsaturated/α-hetero) is 1. The average Bonchev–Trinajstić information content (AvgIpc) is 3.28. The van der Waals surface area contributed by atoms with E-state index in [0.29, 0.717) is 31.6 Å². The summed E-state index contributed by atoms with van der Waals surface area (Å²) in [6, 6.07) is 8.62. The first kappa shape index (κ1) is 24.4. The Morgan fingerprint density at radius 1 is 1.09 bits per heavy atom. The van der Waals surface area contributed by atoms with Gasteiger partial charge in [0.2, 0.25) is 0 Å². The van der Waals surface area contributed by atoms with Crippen molar-refractivity contribution in [1.82, 2.24) is 0 Å². The molecule has 4 atom stereocenters. The van der Waals surface area contributed by atoms with E-state index in [4.69, 9.17) is 5.11 Å². The highest BCUT2D eigenvalue weighted by Crippen LogP contribution is 2.34. The van der Waals surface area contributed by atoms with E-state index in [1.165, 1.54) is 11.1 Å². The van der Waals surface area contributed by atoms with Gasteiger partial charge in [-0.1, -0.05) is 55.0 Å². The van der Waals surface area contributed by atoms with Gasteiger partial charge in [-0.2, -0.15) is 0 Å². The van der Waals surface area contributed by atoms with Crippen molar-refractivity contribution in [3.63, 3.8) is 0 Å². The van der Waals surface area contributed by atoms with Crippen LogP contribution in [0, 0.1) is 17.8 Å². The van der Waals surface area contributed by atoms with Gasteiger partial charge in [-0.25, -0.2) is 0 Å². The second kappa shape index (κ2) is 12.1. The number of unbranched alkanes of at least 4 members (excludes halogenated alkanes) is 1. The Balaban J connectivity index is 1.40. The van der Waals surface area contributed by atoms with E-state index >= 15 is 0 Å². The zero-order chi connectivity index (χ0) is 22.9. The summed E-state index contributed by atoms with van der Waals surface area (Å²) in [6.45, 7) is 0. The molecule has 0 radical (unpaired) electrons. The molecule has 5 nitrogen and oxygen atoms in total. The molecule has 1 aromatic rings. The van der Waals surface area contributed by atoms with Gasteiger partial charge in [0.1, 0.15) is 5.78 Å². The SMILES string of the molecule is O=C(O)CCCC=CC[C@H]1C(=O)C[C@@H](O)[C@@H]1C=C[C@@H](O)CCCC1Cc2ccccc2C1. The zero-order valence-electron chi connectivity index (χ0n) is 18.7. The third kappa shape index (κ3) is 7.14. The number of carboxylic acid groups (broad SMARTS) is 1. The molecule has 2 aliphatic carbocycles. The molecule has 1 saturated carbocycles. The predicted molar refractivity (Wildman–Crippen MR) is 124 cm³/mol. The molecule has 1 fully saturated rings. The van der Waals surface area contributed by atoms with Crippen molar-refractivity contribution < 1.29 is 24.9 Å². The lowest BCUT2D eigenvalue weighted by Gasteiger charge is -2.17. The molecule has 3 N–H and O–H groups in total. The van der Waals surface area contributed by atoms with Crippen LogP contribution in [0.15, 0.2) is 48.6 Å². The number of carbonyl (C=O) groups excluding carboxylic acids is 1. The summed E-state index contributed by atoms with van der Waals surface area (Å²) in [4.78, 5) is 22.8. The number of fused-ring (bicyclic) bond motifs is 1. The number of carbonyl (C=O) groups is 2. The number of ketones is 1. The van der Waals surface area contributed by atoms with E-state index in [9.17, 15) is 19.8 Å². The fourth-order valence-electron chi connectivity index (χ4n) is 5.08. The number of aliphatic hydroxyl groups excluding tert-OH is 2. The van der Waals surface area contributed by atoms with Gasteiger partial charge in [0, 0.05) is 24.7 Å². The van der Waals surface area contributed by atoms with Crippen LogP contribution in [-0.4, -0.2) is 39.3 Å². The van der Waals surface area contributed by atoms with Crippen molar-refractivity contribution in [2.75, 3.05) is 0 Å². The van der Waals surface area contributed by atoms with Crippen molar-refractivity contribution in [2.24, 2.45) is 17.8 Å². The van der Waals surface area contributed by atoms with Gasteiger partial charge in [-0.3, -0.25) is 9.59 Å². The van der Waals surface area contributed by atoms with Gasteiger partial charge in [0.25, 0.3) is 0 Å². The van der Waals surface area contributed by atoms with Crippen molar-refractivity contribution in [3.8, 4) is 0 Å². The quantitative estimate of drug-likeness (QED) is 0.334. The van der Waals surface area contributed by atoms with Crippen LogP contribution in [0.2, 0.25) is 0 Å². The van der Waals surface area contributed by atoms with Crippen LogP contribution in [-0.2, 0) is 22.4 Å². The van der Waals surface area contributed by atoms with E-state index in [-0.39, 0.29) is 30.5 Å². The molecule has 3 rings (SSSR count). The van der Waals surface area contributed by atoms with E-state index in [1.54, 1.807) is 6.08 Å². The Morgan fingerprint density at radius 3 is 2.50 bits per heavy atom. The van der Waals surface area contributed by atoms with Crippen LogP contribution in [0.5, 0.6) is 0 Å². The zero-order valence-corrected chi connectivity index (χ0v) is 18.7. The molecule has 174 valence electrons. The molecular weight excluding hydrogens is 404 g/mol. The van der Waals surface area contributed by atoms with Gasteiger partial charge in [0.05, 0.1) is 12.2 Å². The number of hydrogen-bond donors (Lipinski definition) is 3.